The second-order valence-electron chi connectivity index (χ2n) is 6.52. The van der Waals surface area contributed by atoms with Crippen LogP contribution in [0, 0.1) is 13.8 Å². The normalized spacial score (nSPS) is 15.4. The van der Waals surface area contributed by atoms with Crippen molar-refractivity contribution in [1.29, 1.82) is 0 Å². The summed E-state index contributed by atoms with van der Waals surface area (Å²) in [6.45, 7) is 8.11. The molecule has 0 unspecified atom stereocenters. The van der Waals surface area contributed by atoms with Gasteiger partial charge in [-0.2, -0.15) is 5.10 Å². The Morgan fingerprint density at radius 1 is 1.20 bits per heavy atom. The molecule has 3 rings (SSSR count). The number of carbonyl (C=O) groups is 1. The van der Waals surface area contributed by atoms with Crippen LogP contribution < -0.4 is 5.32 Å². The van der Waals surface area contributed by atoms with E-state index < -0.39 is 0 Å². The number of likely N-dealkylation sites (N-methyl/N-ethyl adjacent to an activating group) is 1. The van der Waals surface area contributed by atoms with Gasteiger partial charge in [0, 0.05) is 44.6 Å². The number of rotatable bonds is 4. The molecule has 0 saturated carbocycles. The monoisotopic (exact) mass is 342 g/mol. The summed E-state index contributed by atoms with van der Waals surface area (Å²) in [6, 6.07) is 5.82. The largest absolute Gasteiger partial charge is 0.338 e. The molecule has 1 aliphatic rings. The van der Waals surface area contributed by atoms with Crippen molar-refractivity contribution in [3.63, 3.8) is 0 Å². The summed E-state index contributed by atoms with van der Waals surface area (Å²) < 4.78 is 1.87. The molecule has 7 heteroatoms. The predicted molar refractivity (Wildman–Crippen MR) is 97.0 cm³/mol. The van der Waals surface area contributed by atoms with Crippen molar-refractivity contribution in [1.82, 2.24) is 29.9 Å². The van der Waals surface area contributed by atoms with E-state index in [0.29, 0.717) is 6.54 Å². The van der Waals surface area contributed by atoms with Gasteiger partial charge in [-0.25, -0.2) is 14.5 Å². The van der Waals surface area contributed by atoms with E-state index in [0.717, 1.165) is 49.8 Å². The summed E-state index contributed by atoms with van der Waals surface area (Å²) in [7, 11) is 2.08. The Morgan fingerprint density at radius 2 is 1.96 bits per heavy atom. The number of nitrogens with zero attached hydrogens (tertiary/aromatic N) is 5. The molecule has 7 nitrogen and oxygen atoms in total. The third-order valence-corrected chi connectivity index (χ3v) is 4.75. The van der Waals surface area contributed by atoms with Gasteiger partial charge in [-0.1, -0.05) is 6.07 Å². The van der Waals surface area contributed by atoms with Crippen LogP contribution in [0.1, 0.15) is 17.0 Å². The molecule has 0 aromatic carbocycles. The van der Waals surface area contributed by atoms with Gasteiger partial charge in [0.2, 0.25) is 0 Å². The number of nitrogens with one attached hydrogen (secondary N) is 1. The zero-order valence-corrected chi connectivity index (χ0v) is 15.2. The summed E-state index contributed by atoms with van der Waals surface area (Å²) in [6.07, 6.45) is 2.53. The Hall–Kier alpha value is -2.41. The van der Waals surface area contributed by atoms with Crippen molar-refractivity contribution in [2.24, 2.45) is 0 Å². The lowest BCUT2D eigenvalue weighted by atomic mass is 10.1. The molecule has 2 aromatic heterocycles. The maximum absolute atomic E-state index is 12.3. The van der Waals surface area contributed by atoms with E-state index >= 15 is 0 Å². The lowest BCUT2D eigenvalue weighted by Gasteiger charge is -2.32. The first-order valence-corrected chi connectivity index (χ1v) is 8.74. The van der Waals surface area contributed by atoms with Gasteiger partial charge in [-0.05, 0) is 45.0 Å². The zero-order valence-electron chi connectivity index (χ0n) is 15.2. The maximum Gasteiger partial charge on any atom is 0.317 e. The van der Waals surface area contributed by atoms with Gasteiger partial charge in [-0.15, -0.1) is 0 Å². The van der Waals surface area contributed by atoms with Crippen molar-refractivity contribution in [3.8, 4) is 5.82 Å². The fraction of sp³-hybridized carbons (Fsp3) is 0.500. The molecule has 134 valence electrons. The van der Waals surface area contributed by atoms with Crippen LogP contribution in [-0.4, -0.2) is 70.4 Å². The van der Waals surface area contributed by atoms with Gasteiger partial charge < -0.3 is 15.1 Å². The molecule has 0 aliphatic carbocycles. The van der Waals surface area contributed by atoms with E-state index in [4.69, 9.17) is 0 Å². The van der Waals surface area contributed by atoms with Crippen LogP contribution in [0.15, 0.2) is 24.4 Å². The molecule has 1 N–H and O–H groups in total. The number of aromatic nitrogens is 3. The number of urea groups is 1. The summed E-state index contributed by atoms with van der Waals surface area (Å²) in [5, 5.41) is 7.64. The summed E-state index contributed by atoms with van der Waals surface area (Å²) in [5.74, 6) is 0.816. The van der Waals surface area contributed by atoms with Crippen molar-refractivity contribution >= 4 is 6.03 Å². The Balaban J connectivity index is 1.58. The molecular weight excluding hydrogens is 316 g/mol. The van der Waals surface area contributed by atoms with Gasteiger partial charge in [0.25, 0.3) is 0 Å². The van der Waals surface area contributed by atoms with Crippen molar-refractivity contribution in [3.05, 3.63) is 41.3 Å². The Bertz CT molecular complexity index is 719. The van der Waals surface area contributed by atoms with Gasteiger partial charge in [0.1, 0.15) is 0 Å². The van der Waals surface area contributed by atoms with E-state index in [9.17, 15) is 4.79 Å². The zero-order chi connectivity index (χ0) is 17.8. The average Bonchev–Trinajstić information content (AvgIpc) is 2.91. The van der Waals surface area contributed by atoms with E-state index in [1.165, 1.54) is 5.56 Å². The predicted octanol–water partition coefficient (Wildman–Crippen LogP) is 1.38. The van der Waals surface area contributed by atoms with E-state index in [-0.39, 0.29) is 6.03 Å². The fourth-order valence-electron chi connectivity index (χ4n) is 3.15. The highest BCUT2D eigenvalue weighted by Crippen LogP contribution is 2.16. The van der Waals surface area contributed by atoms with Crippen LogP contribution >= 0.6 is 0 Å². The SMILES string of the molecule is Cc1nn(-c2ccccn2)c(C)c1CCNC(=O)N1CCN(C)CC1. The molecule has 2 aromatic rings. The smallest absolute Gasteiger partial charge is 0.317 e. The van der Waals surface area contributed by atoms with Crippen LogP contribution in [-0.2, 0) is 6.42 Å². The molecule has 1 fully saturated rings. The first kappa shape index (κ1) is 17.4. The highest BCUT2D eigenvalue weighted by molar-refractivity contribution is 5.74. The molecule has 1 saturated heterocycles. The van der Waals surface area contributed by atoms with Crippen LogP contribution in [0.4, 0.5) is 4.79 Å². The third kappa shape index (κ3) is 3.99. The Morgan fingerprint density at radius 3 is 2.64 bits per heavy atom. The molecular formula is C18H26N6O. The summed E-state index contributed by atoms with van der Waals surface area (Å²) >= 11 is 0. The summed E-state index contributed by atoms with van der Waals surface area (Å²) in [4.78, 5) is 20.7. The number of amides is 2. The first-order valence-electron chi connectivity index (χ1n) is 8.74. The minimum Gasteiger partial charge on any atom is -0.338 e. The second-order valence-corrected chi connectivity index (χ2v) is 6.52. The van der Waals surface area contributed by atoms with Crippen LogP contribution in [0.3, 0.4) is 0 Å². The number of aryl methyl sites for hydroxylation is 1. The maximum atomic E-state index is 12.3. The van der Waals surface area contributed by atoms with Gasteiger partial charge in [-0.3, -0.25) is 0 Å². The van der Waals surface area contributed by atoms with Gasteiger partial charge in [0.05, 0.1) is 5.69 Å². The molecule has 3 heterocycles. The third-order valence-electron chi connectivity index (χ3n) is 4.75. The highest BCUT2D eigenvalue weighted by Gasteiger charge is 2.19. The molecule has 25 heavy (non-hydrogen) atoms. The van der Waals surface area contributed by atoms with E-state index in [1.807, 2.05) is 41.6 Å². The first-order chi connectivity index (χ1) is 12.1. The molecule has 1 aliphatic heterocycles. The Kier molecular flexibility index (Phi) is 5.33. The average molecular weight is 342 g/mol. The molecule has 0 bridgehead atoms. The van der Waals surface area contributed by atoms with E-state index in [2.05, 4.69) is 27.3 Å². The molecule has 0 spiro atoms. The fourth-order valence-corrected chi connectivity index (χ4v) is 3.15. The molecule has 2 amide bonds. The van der Waals surface area contributed by atoms with E-state index in [1.54, 1.807) is 6.20 Å². The van der Waals surface area contributed by atoms with Gasteiger partial charge in [0.15, 0.2) is 5.82 Å². The van der Waals surface area contributed by atoms with Crippen molar-refractivity contribution in [2.75, 3.05) is 39.8 Å². The lowest BCUT2D eigenvalue weighted by Crippen LogP contribution is -2.50. The van der Waals surface area contributed by atoms with Gasteiger partial charge >= 0.3 is 6.03 Å². The van der Waals surface area contributed by atoms with Crippen LogP contribution in [0.25, 0.3) is 5.82 Å². The van der Waals surface area contributed by atoms with Crippen LogP contribution in [0.5, 0.6) is 0 Å². The number of pyridine rings is 1. The quantitative estimate of drug-likeness (QED) is 0.912. The summed E-state index contributed by atoms with van der Waals surface area (Å²) in [5.41, 5.74) is 3.23. The highest BCUT2D eigenvalue weighted by atomic mass is 16.2. The minimum atomic E-state index is 0.0283. The number of hydrogen-bond acceptors (Lipinski definition) is 4. The molecule has 0 radical (unpaired) electrons. The second kappa shape index (κ2) is 7.65. The van der Waals surface area contributed by atoms with Crippen molar-refractivity contribution in [2.45, 2.75) is 20.3 Å². The molecule has 0 atom stereocenters. The number of carbonyl (C=O) groups excluding carboxylic acids is 1. The minimum absolute atomic E-state index is 0.0283. The topological polar surface area (TPSA) is 66.3 Å². The Labute approximate surface area is 148 Å². The van der Waals surface area contributed by atoms with Crippen molar-refractivity contribution < 1.29 is 4.79 Å². The lowest BCUT2D eigenvalue weighted by molar-refractivity contribution is 0.154. The number of hydrogen-bond donors (Lipinski definition) is 1. The standard InChI is InChI=1S/C18H26N6O/c1-14-16(15(2)24(21-14)17-6-4-5-8-19-17)7-9-20-18(25)23-12-10-22(3)11-13-23/h4-6,8H,7,9-13H2,1-3H3,(H,20,25). The van der Waals surface area contributed by atoms with Crippen LogP contribution in [0.2, 0.25) is 0 Å². The number of piperazine rings is 1.